The molecule has 0 atom stereocenters. The monoisotopic (exact) mass is 427 g/mol. The predicted octanol–water partition coefficient (Wildman–Crippen LogP) is 3.42. The summed E-state index contributed by atoms with van der Waals surface area (Å²) < 4.78 is 26.2. The number of amides is 1. The van der Waals surface area contributed by atoms with Gasteiger partial charge >= 0.3 is 0 Å². The van der Waals surface area contributed by atoms with Crippen molar-refractivity contribution < 1.29 is 18.0 Å². The van der Waals surface area contributed by atoms with Crippen LogP contribution in [0.2, 0.25) is 0 Å². The molecular weight excluding hydrogens is 409 g/mol. The molecule has 4 aromatic rings. The molecule has 0 aliphatic carbocycles. The number of aryl methyl sites for hydroxylation is 1. The summed E-state index contributed by atoms with van der Waals surface area (Å²) in [6.45, 7) is 0.433. The van der Waals surface area contributed by atoms with Gasteiger partial charge in [0.05, 0.1) is 24.8 Å². The summed E-state index contributed by atoms with van der Waals surface area (Å²) in [4.78, 5) is 15.4. The SMILES string of the molecule is NC(=O)CCc1nnc(SCc2ncc(-c3ccc(F)cc3)o2)n1Cc1ccco1. The van der Waals surface area contributed by atoms with Crippen LogP contribution < -0.4 is 5.73 Å². The molecule has 0 bridgehead atoms. The van der Waals surface area contributed by atoms with Crippen LogP contribution in [0.5, 0.6) is 0 Å². The Balaban J connectivity index is 1.48. The molecule has 0 saturated heterocycles. The molecule has 8 nitrogen and oxygen atoms in total. The van der Waals surface area contributed by atoms with Gasteiger partial charge in [0.25, 0.3) is 0 Å². The summed E-state index contributed by atoms with van der Waals surface area (Å²) in [6.07, 6.45) is 3.77. The highest BCUT2D eigenvalue weighted by molar-refractivity contribution is 7.98. The Morgan fingerprint density at radius 2 is 2.03 bits per heavy atom. The molecule has 0 saturated carbocycles. The maximum Gasteiger partial charge on any atom is 0.217 e. The first-order valence-electron chi connectivity index (χ1n) is 9.14. The van der Waals surface area contributed by atoms with Gasteiger partial charge in [-0.3, -0.25) is 9.36 Å². The lowest BCUT2D eigenvalue weighted by Crippen LogP contribution is -2.14. The molecule has 30 heavy (non-hydrogen) atoms. The van der Waals surface area contributed by atoms with Crippen LogP contribution in [0.3, 0.4) is 0 Å². The molecule has 3 aromatic heterocycles. The van der Waals surface area contributed by atoms with Crippen LogP contribution in [0.15, 0.2) is 62.8 Å². The van der Waals surface area contributed by atoms with Crippen molar-refractivity contribution in [1.82, 2.24) is 19.7 Å². The molecule has 0 spiro atoms. The van der Waals surface area contributed by atoms with E-state index in [1.165, 1.54) is 23.9 Å². The Morgan fingerprint density at radius 3 is 2.77 bits per heavy atom. The number of carbonyl (C=O) groups is 1. The lowest BCUT2D eigenvalue weighted by molar-refractivity contribution is -0.118. The van der Waals surface area contributed by atoms with Gasteiger partial charge in [0.2, 0.25) is 11.8 Å². The summed E-state index contributed by atoms with van der Waals surface area (Å²) in [5, 5.41) is 9.08. The number of nitrogens with two attached hydrogens (primary N) is 1. The molecule has 0 unspecified atom stereocenters. The van der Waals surface area contributed by atoms with E-state index < -0.39 is 5.91 Å². The minimum atomic E-state index is -0.398. The first kappa shape index (κ1) is 19.9. The molecule has 2 N–H and O–H groups in total. The van der Waals surface area contributed by atoms with Gasteiger partial charge in [0, 0.05) is 18.4 Å². The number of nitrogens with zero attached hydrogens (tertiary/aromatic N) is 4. The van der Waals surface area contributed by atoms with E-state index in [-0.39, 0.29) is 12.2 Å². The Hall–Kier alpha value is -3.40. The number of halogens is 1. The molecule has 3 heterocycles. The molecule has 0 aliphatic heterocycles. The van der Waals surface area contributed by atoms with E-state index in [0.717, 1.165) is 11.3 Å². The highest BCUT2D eigenvalue weighted by Gasteiger charge is 2.16. The number of thioether (sulfide) groups is 1. The van der Waals surface area contributed by atoms with Crippen molar-refractivity contribution in [1.29, 1.82) is 0 Å². The maximum atomic E-state index is 13.1. The van der Waals surface area contributed by atoms with Crippen LogP contribution in [0.4, 0.5) is 4.39 Å². The number of aromatic nitrogens is 4. The number of rotatable bonds is 9. The standard InChI is InChI=1S/C20H18FN5O3S/c21-14-5-3-13(4-6-14)16-10-23-19(29-16)12-30-20-25-24-18(8-7-17(22)27)26(20)11-15-2-1-9-28-15/h1-6,9-10H,7-8,11-12H2,(H2,22,27). The first-order valence-corrected chi connectivity index (χ1v) is 10.1. The van der Waals surface area contributed by atoms with Crippen LogP contribution >= 0.6 is 11.8 Å². The highest BCUT2D eigenvalue weighted by Crippen LogP contribution is 2.26. The van der Waals surface area contributed by atoms with E-state index in [4.69, 9.17) is 14.6 Å². The van der Waals surface area contributed by atoms with Gasteiger partial charge in [-0.05, 0) is 36.4 Å². The smallest absolute Gasteiger partial charge is 0.217 e. The van der Waals surface area contributed by atoms with Crippen molar-refractivity contribution in [3.63, 3.8) is 0 Å². The zero-order valence-electron chi connectivity index (χ0n) is 15.8. The molecule has 0 radical (unpaired) electrons. The second-order valence-electron chi connectivity index (χ2n) is 6.44. The third kappa shape index (κ3) is 4.77. The Kier molecular flexibility index (Phi) is 5.94. The average molecular weight is 427 g/mol. The second kappa shape index (κ2) is 8.95. The maximum absolute atomic E-state index is 13.1. The highest BCUT2D eigenvalue weighted by atomic mass is 32.2. The molecule has 154 valence electrons. The lowest BCUT2D eigenvalue weighted by Gasteiger charge is -2.07. The van der Waals surface area contributed by atoms with Crippen molar-refractivity contribution in [3.05, 3.63) is 72.2 Å². The normalized spacial score (nSPS) is 11.1. The van der Waals surface area contributed by atoms with Crippen LogP contribution in [0, 0.1) is 5.82 Å². The van der Waals surface area contributed by atoms with E-state index in [1.54, 1.807) is 30.7 Å². The van der Waals surface area contributed by atoms with Gasteiger partial charge in [-0.1, -0.05) is 11.8 Å². The molecule has 10 heteroatoms. The quantitative estimate of drug-likeness (QED) is 0.407. The van der Waals surface area contributed by atoms with Crippen LogP contribution in [0.1, 0.15) is 23.9 Å². The van der Waals surface area contributed by atoms with Gasteiger partial charge in [-0.25, -0.2) is 9.37 Å². The fourth-order valence-corrected chi connectivity index (χ4v) is 3.62. The summed E-state index contributed by atoms with van der Waals surface area (Å²) in [5.74, 6) is 2.17. The third-order valence-corrected chi connectivity index (χ3v) is 5.24. The summed E-state index contributed by atoms with van der Waals surface area (Å²) >= 11 is 1.40. The minimum Gasteiger partial charge on any atom is -0.467 e. The zero-order chi connectivity index (χ0) is 20.9. The number of furan rings is 1. The van der Waals surface area contributed by atoms with Gasteiger partial charge in [-0.2, -0.15) is 0 Å². The van der Waals surface area contributed by atoms with Crippen molar-refractivity contribution in [2.45, 2.75) is 30.3 Å². The third-order valence-electron chi connectivity index (χ3n) is 4.29. The number of oxazole rings is 1. The summed E-state index contributed by atoms with van der Waals surface area (Å²) in [6, 6.07) is 9.68. The van der Waals surface area contributed by atoms with Gasteiger partial charge in [0.15, 0.2) is 10.9 Å². The molecule has 1 amide bonds. The summed E-state index contributed by atoms with van der Waals surface area (Å²) in [7, 11) is 0. The van der Waals surface area contributed by atoms with E-state index in [1.807, 2.05) is 10.6 Å². The number of hydrogen-bond acceptors (Lipinski definition) is 7. The average Bonchev–Trinajstić information content (AvgIpc) is 3.48. The van der Waals surface area contributed by atoms with Crippen molar-refractivity contribution in [2.24, 2.45) is 5.73 Å². The lowest BCUT2D eigenvalue weighted by atomic mass is 10.2. The Morgan fingerprint density at radius 1 is 1.20 bits per heavy atom. The predicted molar refractivity (Wildman–Crippen MR) is 107 cm³/mol. The zero-order valence-corrected chi connectivity index (χ0v) is 16.6. The van der Waals surface area contributed by atoms with E-state index in [2.05, 4.69) is 15.2 Å². The van der Waals surface area contributed by atoms with Crippen molar-refractivity contribution in [2.75, 3.05) is 0 Å². The number of hydrogen-bond donors (Lipinski definition) is 1. The van der Waals surface area contributed by atoms with E-state index in [9.17, 15) is 9.18 Å². The fourth-order valence-electron chi connectivity index (χ4n) is 2.81. The van der Waals surface area contributed by atoms with Crippen molar-refractivity contribution >= 4 is 17.7 Å². The molecule has 1 aromatic carbocycles. The summed E-state index contributed by atoms with van der Waals surface area (Å²) in [5.41, 5.74) is 6.01. The van der Waals surface area contributed by atoms with Crippen LogP contribution in [-0.2, 0) is 23.5 Å². The molecule has 0 fully saturated rings. The molecule has 4 rings (SSSR count). The number of primary amides is 1. The second-order valence-corrected chi connectivity index (χ2v) is 7.39. The minimum absolute atomic E-state index is 0.182. The van der Waals surface area contributed by atoms with Crippen LogP contribution in [0.25, 0.3) is 11.3 Å². The number of benzene rings is 1. The van der Waals surface area contributed by atoms with E-state index >= 15 is 0 Å². The van der Waals surface area contributed by atoms with E-state index in [0.29, 0.717) is 41.4 Å². The fraction of sp³-hybridized carbons (Fsp3) is 0.200. The Bertz CT molecular complexity index is 1120. The van der Waals surface area contributed by atoms with Crippen LogP contribution in [-0.4, -0.2) is 25.7 Å². The number of carbonyl (C=O) groups excluding carboxylic acids is 1. The molecular formula is C20H18FN5O3S. The van der Waals surface area contributed by atoms with Gasteiger partial charge in [0.1, 0.15) is 17.4 Å². The molecule has 0 aliphatic rings. The topological polar surface area (TPSA) is 113 Å². The van der Waals surface area contributed by atoms with Gasteiger partial charge < -0.3 is 14.6 Å². The Labute approximate surface area is 175 Å². The first-order chi connectivity index (χ1) is 14.6. The van der Waals surface area contributed by atoms with Crippen molar-refractivity contribution in [3.8, 4) is 11.3 Å². The largest absolute Gasteiger partial charge is 0.467 e. The van der Waals surface area contributed by atoms with Gasteiger partial charge in [-0.15, -0.1) is 10.2 Å².